The van der Waals surface area contributed by atoms with Gasteiger partial charge in [0.05, 0.1) is 11.1 Å². The molecule has 1 heterocycles. The lowest BCUT2D eigenvalue weighted by molar-refractivity contribution is -0.119. The van der Waals surface area contributed by atoms with E-state index in [-0.39, 0.29) is 11.5 Å². The Kier molecular flexibility index (Phi) is 7.49. The van der Waals surface area contributed by atoms with Gasteiger partial charge in [-0.2, -0.15) is 0 Å². The van der Waals surface area contributed by atoms with Crippen LogP contribution in [0.5, 0.6) is 0 Å². The fourth-order valence-corrected chi connectivity index (χ4v) is 5.14. The topological polar surface area (TPSA) is 102 Å². The van der Waals surface area contributed by atoms with Crippen LogP contribution < -0.4 is 10.6 Å². The number of fused-ring (bicyclic) bond motifs is 1. The third-order valence-corrected chi connectivity index (χ3v) is 6.77. The summed E-state index contributed by atoms with van der Waals surface area (Å²) in [5.74, 6) is -1.42. The molecular formula is C26H24N2O5S. The van der Waals surface area contributed by atoms with Crippen LogP contribution in [0, 0.1) is 0 Å². The van der Waals surface area contributed by atoms with Crippen molar-refractivity contribution in [1.82, 2.24) is 5.32 Å². The summed E-state index contributed by atoms with van der Waals surface area (Å²) in [6.45, 7) is -0.0971. The number of amides is 2. The summed E-state index contributed by atoms with van der Waals surface area (Å²) in [6, 6.07) is 15.6. The van der Waals surface area contributed by atoms with E-state index in [1.807, 2.05) is 30.3 Å². The van der Waals surface area contributed by atoms with Crippen LogP contribution in [0.1, 0.15) is 59.9 Å². The van der Waals surface area contributed by atoms with E-state index < -0.39 is 18.5 Å². The van der Waals surface area contributed by atoms with Crippen molar-refractivity contribution < 1.29 is 23.9 Å². The van der Waals surface area contributed by atoms with E-state index >= 15 is 0 Å². The normalized spacial score (nSPS) is 12.4. The number of aldehydes is 1. The zero-order valence-corrected chi connectivity index (χ0v) is 19.3. The van der Waals surface area contributed by atoms with Gasteiger partial charge in [-0.1, -0.05) is 42.5 Å². The average Bonchev–Trinajstić information content (AvgIpc) is 3.24. The maximum atomic E-state index is 13.1. The first kappa shape index (κ1) is 23.4. The largest absolute Gasteiger partial charge is 0.452 e. The molecule has 0 unspecified atom stereocenters. The minimum Gasteiger partial charge on any atom is -0.452 e. The molecular weight excluding hydrogens is 452 g/mol. The molecule has 2 aromatic carbocycles. The second-order valence-electron chi connectivity index (χ2n) is 7.95. The number of aryl methyl sites for hydroxylation is 1. The molecule has 0 spiro atoms. The maximum absolute atomic E-state index is 13.1. The number of hydrogen-bond donors (Lipinski definition) is 2. The summed E-state index contributed by atoms with van der Waals surface area (Å²) in [4.78, 5) is 49.7. The molecule has 0 radical (unpaired) electrons. The van der Waals surface area contributed by atoms with Crippen LogP contribution in [0.25, 0.3) is 0 Å². The Morgan fingerprint density at radius 2 is 1.71 bits per heavy atom. The number of esters is 1. The second-order valence-corrected chi connectivity index (χ2v) is 9.05. The Morgan fingerprint density at radius 3 is 2.44 bits per heavy atom. The van der Waals surface area contributed by atoms with Crippen LogP contribution in [0.4, 0.5) is 5.00 Å². The van der Waals surface area contributed by atoms with Gasteiger partial charge in [0.2, 0.25) is 0 Å². The van der Waals surface area contributed by atoms with Gasteiger partial charge < -0.3 is 15.4 Å². The molecule has 174 valence electrons. The standard InChI is InChI=1S/C26H24N2O5S/c29-15-18-10-12-19(13-11-18)26(32)33-16-22(30)28-25-23(20-8-4-5-9-21(20)34-25)24(31)27-14-17-6-2-1-3-7-17/h1-3,6-7,10-13,15H,4-5,8-9,14,16H2,(H,27,31)(H,28,30). The van der Waals surface area contributed by atoms with Crippen molar-refractivity contribution in [2.75, 3.05) is 11.9 Å². The molecule has 0 atom stereocenters. The fourth-order valence-electron chi connectivity index (χ4n) is 3.84. The number of carbonyl (C=O) groups is 4. The number of thiophene rings is 1. The van der Waals surface area contributed by atoms with Gasteiger partial charge >= 0.3 is 5.97 Å². The van der Waals surface area contributed by atoms with Gasteiger partial charge in [0.1, 0.15) is 11.3 Å². The Labute approximate surface area is 201 Å². The fraction of sp³-hybridized carbons (Fsp3) is 0.231. The summed E-state index contributed by atoms with van der Waals surface area (Å²) in [5, 5.41) is 6.20. The lowest BCUT2D eigenvalue weighted by Gasteiger charge is -2.13. The summed E-state index contributed by atoms with van der Waals surface area (Å²) in [7, 11) is 0. The van der Waals surface area contributed by atoms with Gasteiger partial charge in [-0.25, -0.2) is 4.79 Å². The first-order valence-electron chi connectivity index (χ1n) is 11.0. The van der Waals surface area contributed by atoms with E-state index in [2.05, 4.69) is 10.6 Å². The molecule has 0 aliphatic heterocycles. The number of benzene rings is 2. The quantitative estimate of drug-likeness (QED) is 0.375. The molecule has 0 fully saturated rings. The van der Waals surface area contributed by atoms with Crippen LogP contribution in [0.3, 0.4) is 0 Å². The summed E-state index contributed by atoms with van der Waals surface area (Å²) >= 11 is 1.41. The zero-order chi connectivity index (χ0) is 23.9. The number of rotatable bonds is 8. The molecule has 4 rings (SSSR count). The molecule has 7 nitrogen and oxygen atoms in total. The first-order valence-corrected chi connectivity index (χ1v) is 11.9. The van der Waals surface area contributed by atoms with Crippen LogP contribution in [-0.4, -0.2) is 30.7 Å². The number of anilines is 1. The number of carbonyl (C=O) groups excluding carboxylic acids is 4. The molecule has 0 saturated carbocycles. The van der Waals surface area contributed by atoms with E-state index in [9.17, 15) is 19.2 Å². The van der Waals surface area contributed by atoms with Crippen LogP contribution in [-0.2, 0) is 28.9 Å². The first-order chi connectivity index (χ1) is 16.5. The predicted octanol–water partition coefficient (Wildman–Crippen LogP) is 4.16. The third-order valence-electron chi connectivity index (χ3n) is 5.56. The van der Waals surface area contributed by atoms with E-state index in [4.69, 9.17) is 4.74 Å². The molecule has 0 saturated heterocycles. The number of nitrogens with one attached hydrogen (secondary N) is 2. The molecule has 2 N–H and O–H groups in total. The number of ether oxygens (including phenoxy) is 1. The van der Waals surface area contributed by atoms with Crippen molar-refractivity contribution in [3.63, 3.8) is 0 Å². The van der Waals surface area contributed by atoms with Crippen molar-refractivity contribution in [2.45, 2.75) is 32.2 Å². The van der Waals surface area contributed by atoms with Gasteiger partial charge in [0, 0.05) is 17.0 Å². The molecule has 34 heavy (non-hydrogen) atoms. The van der Waals surface area contributed by atoms with Crippen molar-refractivity contribution in [3.8, 4) is 0 Å². The van der Waals surface area contributed by atoms with Crippen molar-refractivity contribution in [1.29, 1.82) is 0 Å². The SMILES string of the molecule is O=Cc1ccc(C(=O)OCC(=O)Nc2sc3c(c2C(=O)NCc2ccccc2)CCCC3)cc1. The summed E-state index contributed by atoms with van der Waals surface area (Å²) in [5.41, 5.74) is 3.16. The molecule has 2 amide bonds. The van der Waals surface area contributed by atoms with Gasteiger partial charge in [-0.15, -0.1) is 11.3 Å². The highest BCUT2D eigenvalue weighted by atomic mass is 32.1. The predicted molar refractivity (Wildman–Crippen MR) is 129 cm³/mol. The van der Waals surface area contributed by atoms with Crippen LogP contribution in [0.2, 0.25) is 0 Å². The molecule has 8 heteroatoms. The Morgan fingerprint density at radius 1 is 0.971 bits per heavy atom. The van der Waals surface area contributed by atoms with Crippen LogP contribution in [0.15, 0.2) is 54.6 Å². The second kappa shape index (κ2) is 10.9. The lowest BCUT2D eigenvalue weighted by Crippen LogP contribution is -2.26. The maximum Gasteiger partial charge on any atom is 0.338 e. The Hall–Kier alpha value is -3.78. The number of hydrogen-bond acceptors (Lipinski definition) is 6. The average molecular weight is 477 g/mol. The molecule has 1 aliphatic carbocycles. The third kappa shape index (κ3) is 5.58. The highest BCUT2D eigenvalue weighted by molar-refractivity contribution is 7.17. The Bertz CT molecular complexity index is 1200. The molecule has 0 bridgehead atoms. The zero-order valence-electron chi connectivity index (χ0n) is 18.5. The van der Waals surface area contributed by atoms with Gasteiger partial charge in [0.15, 0.2) is 6.61 Å². The Balaban J connectivity index is 1.42. The van der Waals surface area contributed by atoms with Gasteiger partial charge in [-0.05, 0) is 48.9 Å². The minimum absolute atomic E-state index is 0.231. The monoisotopic (exact) mass is 476 g/mol. The smallest absolute Gasteiger partial charge is 0.338 e. The highest BCUT2D eigenvalue weighted by Crippen LogP contribution is 2.38. The lowest BCUT2D eigenvalue weighted by atomic mass is 9.95. The van der Waals surface area contributed by atoms with Crippen molar-refractivity contribution in [3.05, 3.63) is 87.3 Å². The molecule has 1 aromatic heterocycles. The van der Waals surface area contributed by atoms with E-state index in [0.717, 1.165) is 41.7 Å². The molecule has 1 aliphatic rings. The minimum atomic E-state index is -0.668. The van der Waals surface area contributed by atoms with E-state index in [0.29, 0.717) is 29.0 Å². The summed E-state index contributed by atoms with van der Waals surface area (Å²) < 4.78 is 5.11. The summed E-state index contributed by atoms with van der Waals surface area (Å²) in [6.07, 6.45) is 4.39. The van der Waals surface area contributed by atoms with E-state index in [1.165, 1.54) is 35.6 Å². The van der Waals surface area contributed by atoms with Crippen molar-refractivity contribution in [2.24, 2.45) is 0 Å². The van der Waals surface area contributed by atoms with E-state index in [1.54, 1.807) is 0 Å². The molecule has 3 aromatic rings. The van der Waals surface area contributed by atoms with Crippen LogP contribution >= 0.6 is 11.3 Å². The van der Waals surface area contributed by atoms with Gasteiger partial charge in [0.25, 0.3) is 11.8 Å². The van der Waals surface area contributed by atoms with Crippen molar-refractivity contribution >= 4 is 40.4 Å². The highest BCUT2D eigenvalue weighted by Gasteiger charge is 2.26. The van der Waals surface area contributed by atoms with Gasteiger partial charge in [-0.3, -0.25) is 14.4 Å².